The summed E-state index contributed by atoms with van der Waals surface area (Å²) in [4.78, 5) is 20.2. The van der Waals surface area contributed by atoms with Crippen molar-refractivity contribution in [3.05, 3.63) is 39.9 Å². The summed E-state index contributed by atoms with van der Waals surface area (Å²) in [7, 11) is -6.00. The van der Waals surface area contributed by atoms with Gasteiger partial charge in [0.15, 0.2) is 0 Å². The van der Waals surface area contributed by atoms with Crippen molar-refractivity contribution in [2.75, 3.05) is 0 Å². The summed E-state index contributed by atoms with van der Waals surface area (Å²) in [6.07, 6.45) is 0. The molecule has 0 atom stereocenters. The first-order valence-electron chi connectivity index (χ1n) is 3.93. The fourth-order valence-corrected chi connectivity index (χ4v) is 0.840. The normalized spacial score (nSPS) is 10.2. The van der Waals surface area contributed by atoms with Gasteiger partial charge in [-0.1, -0.05) is 0 Å². The Morgan fingerprint density at radius 2 is 1.53 bits per heavy atom. The van der Waals surface area contributed by atoms with Gasteiger partial charge in [-0.3, -0.25) is 14.9 Å². The molecule has 4 nitrogen and oxygen atoms in total. The molecule has 94 valence electrons. The maximum absolute atomic E-state index is 10.5. The average Bonchev–Trinajstić information content (AvgIpc) is 2.15. The number of non-ortho nitro benzene ring substituents is 1. The standard InChI is InChI=1S/C7H4ClNO3.BF4/c8-7(10)5-1-3-6(4-2-5)9(11)12;2-1(3,4)5/h1-4H;/q;-1. The molecule has 1 aromatic rings. The van der Waals surface area contributed by atoms with Gasteiger partial charge >= 0.3 is 7.25 Å². The van der Waals surface area contributed by atoms with E-state index in [9.17, 15) is 32.2 Å². The van der Waals surface area contributed by atoms with E-state index in [4.69, 9.17) is 11.6 Å². The van der Waals surface area contributed by atoms with E-state index in [1.165, 1.54) is 24.3 Å². The lowest BCUT2D eigenvalue weighted by molar-refractivity contribution is -0.384. The van der Waals surface area contributed by atoms with Crippen molar-refractivity contribution >= 4 is 29.8 Å². The van der Waals surface area contributed by atoms with Crippen molar-refractivity contribution in [1.82, 2.24) is 0 Å². The molecule has 0 fully saturated rings. The van der Waals surface area contributed by atoms with Crippen LogP contribution < -0.4 is 0 Å². The molecule has 10 heteroatoms. The van der Waals surface area contributed by atoms with Gasteiger partial charge in [0.1, 0.15) is 0 Å². The van der Waals surface area contributed by atoms with Crippen molar-refractivity contribution < 1.29 is 27.0 Å². The molecule has 0 aromatic heterocycles. The largest absolute Gasteiger partial charge is 0.673 e. The molecule has 0 saturated carbocycles. The number of nitrogens with zero attached hydrogens (tertiary/aromatic N) is 1. The Labute approximate surface area is 97.4 Å². The summed E-state index contributed by atoms with van der Waals surface area (Å²) in [6.45, 7) is 0. The van der Waals surface area contributed by atoms with Crippen LogP contribution in [0.3, 0.4) is 0 Å². The highest BCUT2D eigenvalue weighted by Crippen LogP contribution is 2.12. The Hall–Kier alpha value is -1.64. The number of halogens is 5. The molecule has 0 N–H and O–H groups in total. The van der Waals surface area contributed by atoms with Crippen LogP contribution in [0.25, 0.3) is 0 Å². The van der Waals surface area contributed by atoms with Crippen molar-refractivity contribution in [3.63, 3.8) is 0 Å². The van der Waals surface area contributed by atoms with Crippen LogP contribution in [-0.4, -0.2) is 17.4 Å². The Morgan fingerprint density at radius 1 is 1.18 bits per heavy atom. The summed E-state index contributed by atoms with van der Waals surface area (Å²) < 4.78 is 39.0. The highest BCUT2D eigenvalue weighted by molar-refractivity contribution is 6.67. The van der Waals surface area contributed by atoms with Gasteiger partial charge in [-0.25, -0.2) is 0 Å². The summed E-state index contributed by atoms with van der Waals surface area (Å²) in [6, 6.07) is 5.09. The first kappa shape index (κ1) is 15.4. The lowest BCUT2D eigenvalue weighted by Gasteiger charge is -1.94. The molecular formula is C7H4BClF4NO3-. The minimum Gasteiger partial charge on any atom is -0.418 e. The molecule has 1 rings (SSSR count). The van der Waals surface area contributed by atoms with Crippen LogP contribution in [0, 0.1) is 10.1 Å². The zero-order valence-corrected chi connectivity index (χ0v) is 8.70. The zero-order chi connectivity index (χ0) is 13.6. The molecule has 0 bridgehead atoms. The number of hydrogen-bond donors (Lipinski definition) is 0. The van der Waals surface area contributed by atoms with Gasteiger partial charge in [-0.2, -0.15) is 0 Å². The SMILES string of the molecule is F[B-](F)(F)F.O=C(Cl)c1ccc([N+](=O)[O-])cc1. The first-order valence-corrected chi connectivity index (χ1v) is 4.30. The minimum absolute atomic E-state index is 0.0586. The summed E-state index contributed by atoms with van der Waals surface area (Å²) >= 11 is 5.13. The van der Waals surface area contributed by atoms with E-state index in [-0.39, 0.29) is 11.3 Å². The van der Waals surface area contributed by atoms with E-state index < -0.39 is 17.4 Å². The van der Waals surface area contributed by atoms with Gasteiger partial charge in [0.2, 0.25) is 0 Å². The lowest BCUT2D eigenvalue weighted by atomic mass is 10.2. The van der Waals surface area contributed by atoms with E-state index >= 15 is 0 Å². The average molecular weight is 272 g/mol. The molecule has 0 aliphatic rings. The highest BCUT2D eigenvalue weighted by atomic mass is 35.5. The van der Waals surface area contributed by atoms with Gasteiger partial charge in [0.05, 0.1) is 4.92 Å². The summed E-state index contributed by atoms with van der Waals surface area (Å²) in [5.41, 5.74) is 0.193. The fourth-order valence-electron chi connectivity index (χ4n) is 0.714. The van der Waals surface area contributed by atoms with Gasteiger partial charge in [-0.05, 0) is 23.7 Å². The first-order chi connectivity index (χ1) is 7.61. The third-order valence-electron chi connectivity index (χ3n) is 1.31. The second kappa shape index (κ2) is 6.19. The maximum Gasteiger partial charge on any atom is 0.673 e. The maximum atomic E-state index is 10.5. The van der Waals surface area contributed by atoms with Crippen molar-refractivity contribution in [3.8, 4) is 0 Å². The second-order valence-corrected chi connectivity index (χ2v) is 2.92. The van der Waals surface area contributed by atoms with Gasteiger partial charge < -0.3 is 17.3 Å². The van der Waals surface area contributed by atoms with E-state index in [2.05, 4.69) is 0 Å². The summed E-state index contributed by atoms with van der Waals surface area (Å²) in [5.74, 6) is 0. The zero-order valence-electron chi connectivity index (χ0n) is 7.95. The van der Waals surface area contributed by atoms with Gasteiger partial charge in [-0.15, -0.1) is 0 Å². The number of nitro benzene ring substituents is 1. The number of rotatable bonds is 2. The number of nitro groups is 1. The smallest absolute Gasteiger partial charge is 0.418 e. The quantitative estimate of drug-likeness (QED) is 0.273. The molecule has 0 unspecified atom stereocenters. The van der Waals surface area contributed by atoms with Crippen LogP contribution >= 0.6 is 11.6 Å². The molecule has 0 aliphatic heterocycles. The van der Waals surface area contributed by atoms with Crippen LogP contribution in [0.2, 0.25) is 0 Å². The highest BCUT2D eigenvalue weighted by Gasteiger charge is 2.20. The third kappa shape index (κ3) is 8.20. The van der Waals surface area contributed by atoms with Crippen LogP contribution in [0.5, 0.6) is 0 Å². The number of carbonyl (C=O) groups is 1. The van der Waals surface area contributed by atoms with Gasteiger partial charge in [0, 0.05) is 17.7 Å². The molecule has 0 radical (unpaired) electrons. The molecule has 0 saturated heterocycles. The molecule has 0 heterocycles. The predicted molar refractivity (Wildman–Crippen MR) is 53.5 cm³/mol. The van der Waals surface area contributed by atoms with E-state index in [0.29, 0.717) is 0 Å². The van der Waals surface area contributed by atoms with Gasteiger partial charge in [0.25, 0.3) is 10.9 Å². The van der Waals surface area contributed by atoms with Crippen LogP contribution in [-0.2, 0) is 0 Å². The Balaban J connectivity index is 0.000000437. The lowest BCUT2D eigenvalue weighted by Crippen LogP contribution is -2.02. The van der Waals surface area contributed by atoms with Crippen molar-refractivity contribution in [2.24, 2.45) is 0 Å². The van der Waals surface area contributed by atoms with Crippen molar-refractivity contribution in [1.29, 1.82) is 0 Å². The van der Waals surface area contributed by atoms with Crippen molar-refractivity contribution in [2.45, 2.75) is 0 Å². The molecule has 0 amide bonds. The molecule has 17 heavy (non-hydrogen) atoms. The molecular weight excluding hydrogens is 268 g/mol. The van der Waals surface area contributed by atoms with Crippen LogP contribution in [0.4, 0.5) is 23.0 Å². The predicted octanol–water partition coefficient (Wildman–Crippen LogP) is 3.27. The Bertz CT molecular complexity index is 370. The summed E-state index contributed by atoms with van der Waals surface area (Å²) in [5, 5.41) is 9.55. The Morgan fingerprint density at radius 3 is 1.76 bits per heavy atom. The van der Waals surface area contributed by atoms with E-state index in [1.54, 1.807) is 0 Å². The third-order valence-corrected chi connectivity index (χ3v) is 1.52. The van der Waals surface area contributed by atoms with E-state index in [1.807, 2.05) is 0 Å². The second-order valence-electron chi connectivity index (χ2n) is 2.57. The minimum atomic E-state index is -6.00. The number of carbonyl (C=O) groups excluding carboxylic acids is 1. The van der Waals surface area contributed by atoms with E-state index in [0.717, 1.165) is 0 Å². The van der Waals surface area contributed by atoms with Crippen LogP contribution in [0.15, 0.2) is 24.3 Å². The number of benzene rings is 1. The molecule has 1 aromatic carbocycles. The fraction of sp³-hybridized carbons (Fsp3) is 0. The Kier molecular flexibility index (Phi) is 5.59. The topological polar surface area (TPSA) is 60.2 Å². The molecule has 0 spiro atoms. The monoisotopic (exact) mass is 272 g/mol. The molecule has 0 aliphatic carbocycles. The number of hydrogen-bond acceptors (Lipinski definition) is 3. The van der Waals surface area contributed by atoms with Crippen LogP contribution in [0.1, 0.15) is 10.4 Å².